The van der Waals surface area contributed by atoms with Crippen molar-refractivity contribution < 1.29 is 9.21 Å². The highest BCUT2D eigenvalue weighted by atomic mass is 35.5. The van der Waals surface area contributed by atoms with Gasteiger partial charge < -0.3 is 9.32 Å². The van der Waals surface area contributed by atoms with Gasteiger partial charge in [-0.3, -0.25) is 4.79 Å². The number of carbonyl (C=O) groups is 1. The highest BCUT2D eigenvalue weighted by Gasteiger charge is 2.18. The van der Waals surface area contributed by atoms with E-state index < -0.39 is 0 Å². The summed E-state index contributed by atoms with van der Waals surface area (Å²) in [5.74, 6) is 0.512. The van der Waals surface area contributed by atoms with Crippen LogP contribution in [0.5, 0.6) is 0 Å². The predicted molar refractivity (Wildman–Crippen MR) is 84.5 cm³/mol. The predicted octanol–water partition coefficient (Wildman–Crippen LogP) is 4.07. The van der Waals surface area contributed by atoms with E-state index in [4.69, 9.17) is 32.9 Å². The molecule has 0 aliphatic carbocycles. The Labute approximate surface area is 138 Å². The van der Waals surface area contributed by atoms with Gasteiger partial charge in [-0.15, -0.1) is 0 Å². The zero-order valence-corrected chi connectivity index (χ0v) is 13.3. The van der Waals surface area contributed by atoms with Crippen LogP contribution in [0.2, 0.25) is 10.0 Å². The fourth-order valence-corrected chi connectivity index (χ4v) is 2.56. The lowest BCUT2D eigenvalue weighted by Gasteiger charge is -2.21. The van der Waals surface area contributed by atoms with E-state index in [0.29, 0.717) is 34.5 Å². The van der Waals surface area contributed by atoms with Crippen LogP contribution in [0.1, 0.15) is 17.7 Å². The monoisotopic (exact) mass is 336 g/mol. The standard InChI is InChI=1S/C16H14Cl2N2O2/c17-14-5-1-6-15(18)13(14)10-16(21)20(8-3-7-19)11-12-4-2-9-22-12/h1-2,4-6,9H,3,8,10-11H2. The zero-order valence-electron chi connectivity index (χ0n) is 11.8. The molecule has 2 aromatic rings. The van der Waals surface area contributed by atoms with Gasteiger partial charge in [0.2, 0.25) is 5.91 Å². The number of hydrogen-bond acceptors (Lipinski definition) is 3. The smallest absolute Gasteiger partial charge is 0.227 e. The number of nitrogens with zero attached hydrogens (tertiary/aromatic N) is 2. The van der Waals surface area contributed by atoms with Crippen LogP contribution in [0.3, 0.4) is 0 Å². The molecule has 1 aromatic heterocycles. The Morgan fingerprint density at radius 3 is 2.55 bits per heavy atom. The van der Waals surface area contributed by atoms with Crippen LogP contribution in [-0.2, 0) is 17.8 Å². The van der Waals surface area contributed by atoms with Gasteiger partial charge in [0.25, 0.3) is 0 Å². The van der Waals surface area contributed by atoms with E-state index in [9.17, 15) is 4.79 Å². The lowest BCUT2D eigenvalue weighted by molar-refractivity contribution is -0.131. The van der Waals surface area contributed by atoms with E-state index in [2.05, 4.69) is 0 Å². The van der Waals surface area contributed by atoms with Crippen molar-refractivity contribution in [3.63, 3.8) is 0 Å². The maximum Gasteiger partial charge on any atom is 0.227 e. The van der Waals surface area contributed by atoms with Gasteiger partial charge in [0.15, 0.2) is 0 Å². The molecule has 0 spiro atoms. The molecule has 4 nitrogen and oxygen atoms in total. The van der Waals surface area contributed by atoms with Crippen molar-refractivity contribution in [3.8, 4) is 6.07 Å². The Balaban J connectivity index is 2.13. The van der Waals surface area contributed by atoms with E-state index in [1.807, 2.05) is 6.07 Å². The quantitative estimate of drug-likeness (QED) is 0.798. The number of nitriles is 1. The second kappa shape index (κ2) is 7.88. The van der Waals surface area contributed by atoms with Crippen LogP contribution in [0.25, 0.3) is 0 Å². The molecular weight excluding hydrogens is 323 g/mol. The largest absolute Gasteiger partial charge is 0.467 e. The topological polar surface area (TPSA) is 57.2 Å². The van der Waals surface area contributed by atoms with Crippen LogP contribution in [0.4, 0.5) is 0 Å². The van der Waals surface area contributed by atoms with Crippen molar-refractivity contribution in [1.82, 2.24) is 4.90 Å². The van der Waals surface area contributed by atoms with Crippen molar-refractivity contribution in [1.29, 1.82) is 5.26 Å². The maximum atomic E-state index is 12.5. The number of carbonyl (C=O) groups excluding carboxylic acids is 1. The first-order valence-corrected chi connectivity index (χ1v) is 7.47. The summed E-state index contributed by atoms with van der Waals surface area (Å²) in [5.41, 5.74) is 0.595. The second-order valence-electron chi connectivity index (χ2n) is 4.68. The van der Waals surface area contributed by atoms with Gasteiger partial charge in [0.05, 0.1) is 31.7 Å². The SMILES string of the molecule is N#CCCN(Cc1ccco1)C(=O)Cc1c(Cl)cccc1Cl. The number of benzene rings is 1. The molecule has 0 N–H and O–H groups in total. The first-order valence-electron chi connectivity index (χ1n) is 6.72. The number of furan rings is 1. The van der Waals surface area contributed by atoms with Gasteiger partial charge >= 0.3 is 0 Å². The summed E-state index contributed by atoms with van der Waals surface area (Å²) in [7, 11) is 0. The molecule has 22 heavy (non-hydrogen) atoms. The molecule has 114 valence electrons. The van der Waals surface area contributed by atoms with E-state index in [1.165, 1.54) is 0 Å². The summed E-state index contributed by atoms with van der Waals surface area (Å²) in [6, 6.07) is 10.7. The molecule has 2 rings (SSSR count). The van der Waals surface area contributed by atoms with Crippen LogP contribution in [0.15, 0.2) is 41.0 Å². The third kappa shape index (κ3) is 4.27. The third-order valence-electron chi connectivity index (χ3n) is 3.16. The van der Waals surface area contributed by atoms with Crippen molar-refractivity contribution in [2.24, 2.45) is 0 Å². The molecular formula is C16H14Cl2N2O2. The van der Waals surface area contributed by atoms with Crippen molar-refractivity contribution in [2.45, 2.75) is 19.4 Å². The first-order chi connectivity index (χ1) is 10.6. The lowest BCUT2D eigenvalue weighted by atomic mass is 10.1. The highest BCUT2D eigenvalue weighted by Crippen LogP contribution is 2.25. The van der Waals surface area contributed by atoms with E-state index in [1.54, 1.807) is 41.5 Å². The van der Waals surface area contributed by atoms with Gasteiger partial charge in [0, 0.05) is 16.6 Å². The summed E-state index contributed by atoms with van der Waals surface area (Å²) in [6.45, 7) is 0.647. The van der Waals surface area contributed by atoms with E-state index in [-0.39, 0.29) is 18.7 Å². The second-order valence-corrected chi connectivity index (χ2v) is 5.49. The minimum atomic E-state index is -0.151. The average molecular weight is 337 g/mol. The molecule has 0 unspecified atom stereocenters. The Hall–Kier alpha value is -1.96. The van der Waals surface area contributed by atoms with E-state index in [0.717, 1.165) is 0 Å². The Kier molecular flexibility index (Phi) is 5.88. The molecule has 0 saturated heterocycles. The van der Waals surface area contributed by atoms with Crippen LogP contribution >= 0.6 is 23.2 Å². The van der Waals surface area contributed by atoms with Gasteiger partial charge in [-0.25, -0.2) is 0 Å². The Morgan fingerprint density at radius 2 is 1.95 bits per heavy atom. The van der Waals surface area contributed by atoms with Crippen molar-refractivity contribution in [2.75, 3.05) is 6.54 Å². The molecule has 0 aliphatic rings. The summed E-state index contributed by atoms with van der Waals surface area (Å²) < 4.78 is 5.26. The van der Waals surface area contributed by atoms with Crippen molar-refractivity contribution >= 4 is 29.1 Å². The summed E-state index contributed by atoms with van der Waals surface area (Å²) in [4.78, 5) is 14.1. The summed E-state index contributed by atoms with van der Waals surface area (Å²) >= 11 is 12.2. The lowest BCUT2D eigenvalue weighted by Crippen LogP contribution is -2.32. The molecule has 1 heterocycles. The van der Waals surface area contributed by atoms with Gasteiger partial charge in [-0.05, 0) is 29.8 Å². The zero-order chi connectivity index (χ0) is 15.9. The summed E-state index contributed by atoms with van der Waals surface area (Å²) in [6.07, 6.45) is 1.89. The average Bonchev–Trinajstić information content (AvgIpc) is 3.00. The molecule has 0 saturated carbocycles. The number of halogens is 2. The normalized spacial score (nSPS) is 10.2. The molecule has 0 bridgehead atoms. The molecule has 1 amide bonds. The Bertz CT molecular complexity index is 658. The fraction of sp³-hybridized carbons (Fsp3) is 0.250. The minimum absolute atomic E-state index is 0.0879. The van der Waals surface area contributed by atoms with Gasteiger partial charge in [0.1, 0.15) is 5.76 Å². The molecule has 1 aromatic carbocycles. The molecule has 6 heteroatoms. The van der Waals surface area contributed by atoms with Crippen LogP contribution in [0, 0.1) is 11.3 Å². The minimum Gasteiger partial charge on any atom is -0.467 e. The van der Waals surface area contributed by atoms with Gasteiger partial charge in [-0.2, -0.15) is 5.26 Å². The Morgan fingerprint density at radius 1 is 1.23 bits per heavy atom. The van der Waals surface area contributed by atoms with Crippen LogP contribution < -0.4 is 0 Å². The molecule has 0 fully saturated rings. The number of amides is 1. The van der Waals surface area contributed by atoms with Gasteiger partial charge in [-0.1, -0.05) is 29.3 Å². The molecule has 0 radical (unpaired) electrons. The third-order valence-corrected chi connectivity index (χ3v) is 3.87. The summed E-state index contributed by atoms with van der Waals surface area (Å²) in [5, 5.41) is 9.66. The molecule has 0 atom stereocenters. The number of hydrogen-bond donors (Lipinski definition) is 0. The highest BCUT2D eigenvalue weighted by molar-refractivity contribution is 6.36. The first kappa shape index (κ1) is 16.4. The van der Waals surface area contributed by atoms with Crippen molar-refractivity contribution in [3.05, 3.63) is 58.0 Å². The fourth-order valence-electron chi connectivity index (χ4n) is 2.03. The maximum absolute atomic E-state index is 12.5. The van der Waals surface area contributed by atoms with Crippen LogP contribution in [-0.4, -0.2) is 17.4 Å². The molecule has 0 aliphatic heterocycles. The number of rotatable bonds is 6. The van der Waals surface area contributed by atoms with E-state index >= 15 is 0 Å².